The van der Waals surface area contributed by atoms with E-state index in [4.69, 9.17) is 4.74 Å². The Kier molecular flexibility index (Phi) is 5.06. The third kappa shape index (κ3) is 4.03. The van der Waals surface area contributed by atoms with Crippen LogP contribution in [0.5, 0.6) is 5.75 Å². The summed E-state index contributed by atoms with van der Waals surface area (Å²) in [6.07, 6.45) is 3.49. The number of hydrogen-bond donors (Lipinski definition) is 2. The van der Waals surface area contributed by atoms with Crippen molar-refractivity contribution in [2.75, 3.05) is 12.9 Å². The van der Waals surface area contributed by atoms with Crippen LogP contribution in [-0.4, -0.2) is 29.0 Å². The van der Waals surface area contributed by atoms with Gasteiger partial charge < -0.3 is 10.1 Å². The summed E-state index contributed by atoms with van der Waals surface area (Å²) in [5.74, 6) is 1.20. The molecule has 2 rings (SSSR count). The van der Waals surface area contributed by atoms with E-state index in [1.165, 1.54) is 11.8 Å². The van der Waals surface area contributed by atoms with Gasteiger partial charge in [0.05, 0.1) is 25.1 Å². The van der Waals surface area contributed by atoms with E-state index in [0.29, 0.717) is 5.75 Å². The van der Waals surface area contributed by atoms with E-state index in [1.54, 1.807) is 19.5 Å². The molecule has 106 valence electrons. The highest BCUT2D eigenvalue weighted by molar-refractivity contribution is 8.00. The standard InChI is InChI=1S/C14H17N3O2S/c1-10(11-7-15-16-8-11)17-14(18)9-20-13-5-3-12(19-2)4-6-13/h3-8,10H,9H2,1-2H3,(H,15,16)(H,17,18). The van der Waals surface area contributed by atoms with Crippen LogP contribution >= 0.6 is 11.8 Å². The Labute approximate surface area is 122 Å². The second-order valence-corrected chi connectivity index (χ2v) is 5.33. The Morgan fingerprint density at radius 3 is 2.80 bits per heavy atom. The average Bonchev–Trinajstić information content (AvgIpc) is 3.00. The summed E-state index contributed by atoms with van der Waals surface area (Å²) in [6, 6.07) is 7.60. The van der Waals surface area contributed by atoms with Crippen molar-refractivity contribution in [1.82, 2.24) is 15.5 Å². The summed E-state index contributed by atoms with van der Waals surface area (Å²) < 4.78 is 5.09. The van der Waals surface area contributed by atoms with Gasteiger partial charge in [0.25, 0.3) is 0 Å². The van der Waals surface area contributed by atoms with Crippen molar-refractivity contribution >= 4 is 17.7 Å². The molecule has 1 unspecified atom stereocenters. The van der Waals surface area contributed by atoms with Crippen molar-refractivity contribution in [3.63, 3.8) is 0 Å². The molecule has 2 aromatic rings. The molecule has 1 aromatic heterocycles. The Hall–Kier alpha value is -1.95. The molecule has 0 bridgehead atoms. The predicted molar refractivity (Wildman–Crippen MR) is 78.9 cm³/mol. The number of carbonyl (C=O) groups excluding carboxylic acids is 1. The third-order valence-electron chi connectivity index (χ3n) is 2.83. The van der Waals surface area contributed by atoms with E-state index in [9.17, 15) is 4.79 Å². The van der Waals surface area contributed by atoms with E-state index in [-0.39, 0.29) is 11.9 Å². The molecular formula is C14H17N3O2S. The predicted octanol–water partition coefficient (Wildman–Crippen LogP) is 2.39. The molecule has 20 heavy (non-hydrogen) atoms. The molecular weight excluding hydrogens is 274 g/mol. The summed E-state index contributed by atoms with van der Waals surface area (Å²) in [4.78, 5) is 12.9. The zero-order valence-electron chi connectivity index (χ0n) is 11.4. The van der Waals surface area contributed by atoms with Gasteiger partial charge in [0, 0.05) is 16.7 Å². The second kappa shape index (κ2) is 7.00. The average molecular weight is 291 g/mol. The van der Waals surface area contributed by atoms with E-state index in [0.717, 1.165) is 16.2 Å². The molecule has 0 radical (unpaired) electrons. The first-order chi connectivity index (χ1) is 9.69. The Morgan fingerprint density at radius 1 is 1.45 bits per heavy atom. The van der Waals surface area contributed by atoms with Gasteiger partial charge in [-0.05, 0) is 31.2 Å². The van der Waals surface area contributed by atoms with Crippen LogP contribution in [0.15, 0.2) is 41.6 Å². The number of aromatic amines is 1. The van der Waals surface area contributed by atoms with Gasteiger partial charge in [-0.25, -0.2) is 0 Å². The lowest BCUT2D eigenvalue weighted by Gasteiger charge is -2.11. The summed E-state index contributed by atoms with van der Waals surface area (Å²) in [7, 11) is 1.63. The van der Waals surface area contributed by atoms with E-state index >= 15 is 0 Å². The van der Waals surface area contributed by atoms with Gasteiger partial charge in [-0.1, -0.05) is 0 Å². The number of ether oxygens (including phenoxy) is 1. The van der Waals surface area contributed by atoms with E-state index in [2.05, 4.69) is 15.5 Å². The maximum absolute atomic E-state index is 11.9. The maximum Gasteiger partial charge on any atom is 0.230 e. The fourth-order valence-corrected chi connectivity index (χ4v) is 2.39. The smallest absolute Gasteiger partial charge is 0.230 e. The van der Waals surface area contributed by atoms with Crippen LogP contribution in [-0.2, 0) is 4.79 Å². The molecule has 0 fully saturated rings. The van der Waals surface area contributed by atoms with Gasteiger partial charge in [-0.3, -0.25) is 9.89 Å². The minimum Gasteiger partial charge on any atom is -0.497 e. The van der Waals surface area contributed by atoms with Crippen LogP contribution in [0, 0.1) is 0 Å². The molecule has 1 amide bonds. The number of rotatable bonds is 6. The number of benzene rings is 1. The minimum atomic E-state index is -0.0438. The van der Waals surface area contributed by atoms with Crippen molar-refractivity contribution in [2.45, 2.75) is 17.9 Å². The summed E-state index contributed by atoms with van der Waals surface area (Å²) >= 11 is 1.50. The van der Waals surface area contributed by atoms with Crippen LogP contribution in [0.2, 0.25) is 0 Å². The monoisotopic (exact) mass is 291 g/mol. The summed E-state index contributed by atoms with van der Waals surface area (Å²) in [5, 5.41) is 9.53. The lowest BCUT2D eigenvalue weighted by atomic mass is 10.2. The van der Waals surface area contributed by atoms with Crippen LogP contribution in [0.3, 0.4) is 0 Å². The first-order valence-corrected chi connectivity index (χ1v) is 7.22. The number of hydrogen-bond acceptors (Lipinski definition) is 4. The topological polar surface area (TPSA) is 67.0 Å². The Bertz CT molecular complexity index is 540. The number of aromatic nitrogens is 2. The number of amides is 1. The number of carbonyl (C=O) groups is 1. The summed E-state index contributed by atoms with van der Waals surface area (Å²) in [6.45, 7) is 1.93. The van der Waals surface area contributed by atoms with Crippen molar-refractivity contribution in [2.24, 2.45) is 0 Å². The van der Waals surface area contributed by atoms with Crippen molar-refractivity contribution in [3.8, 4) is 5.75 Å². The molecule has 0 aliphatic carbocycles. The molecule has 0 aliphatic rings. The fourth-order valence-electron chi connectivity index (χ4n) is 1.68. The van der Waals surface area contributed by atoms with Crippen molar-refractivity contribution in [3.05, 3.63) is 42.2 Å². The molecule has 2 N–H and O–H groups in total. The summed E-state index contributed by atoms with van der Waals surface area (Å²) in [5.41, 5.74) is 0.966. The normalized spacial score (nSPS) is 11.9. The van der Waals surface area contributed by atoms with E-state index in [1.807, 2.05) is 31.2 Å². The van der Waals surface area contributed by atoms with Crippen LogP contribution in [0.1, 0.15) is 18.5 Å². The second-order valence-electron chi connectivity index (χ2n) is 4.29. The highest BCUT2D eigenvalue weighted by Gasteiger charge is 2.10. The van der Waals surface area contributed by atoms with Gasteiger partial charge in [-0.2, -0.15) is 5.10 Å². The zero-order chi connectivity index (χ0) is 14.4. The number of methoxy groups -OCH3 is 1. The Morgan fingerprint density at radius 2 is 2.20 bits per heavy atom. The molecule has 1 atom stereocenters. The molecule has 0 saturated carbocycles. The van der Waals surface area contributed by atoms with Gasteiger partial charge in [0.2, 0.25) is 5.91 Å². The van der Waals surface area contributed by atoms with Crippen molar-refractivity contribution in [1.29, 1.82) is 0 Å². The fraction of sp³-hybridized carbons (Fsp3) is 0.286. The SMILES string of the molecule is COc1ccc(SCC(=O)NC(C)c2cn[nH]c2)cc1. The molecule has 1 heterocycles. The zero-order valence-corrected chi connectivity index (χ0v) is 12.2. The number of nitrogens with zero attached hydrogens (tertiary/aromatic N) is 1. The lowest BCUT2D eigenvalue weighted by Crippen LogP contribution is -2.27. The quantitative estimate of drug-likeness (QED) is 0.802. The van der Waals surface area contributed by atoms with Crippen LogP contribution in [0.4, 0.5) is 0 Å². The highest BCUT2D eigenvalue weighted by atomic mass is 32.2. The first kappa shape index (κ1) is 14.5. The van der Waals surface area contributed by atoms with Gasteiger partial charge >= 0.3 is 0 Å². The number of thioether (sulfide) groups is 1. The first-order valence-electron chi connectivity index (χ1n) is 6.24. The Balaban J connectivity index is 1.79. The van der Waals surface area contributed by atoms with Gasteiger partial charge in [0.15, 0.2) is 0 Å². The molecule has 6 heteroatoms. The van der Waals surface area contributed by atoms with Gasteiger partial charge in [0.1, 0.15) is 5.75 Å². The molecule has 1 aromatic carbocycles. The molecule has 0 saturated heterocycles. The highest BCUT2D eigenvalue weighted by Crippen LogP contribution is 2.21. The largest absolute Gasteiger partial charge is 0.497 e. The molecule has 5 nitrogen and oxygen atoms in total. The van der Waals surface area contributed by atoms with Crippen LogP contribution < -0.4 is 10.1 Å². The third-order valence-corrected chi connectivity index (χ3v) is 3.84. The minimum absolute atomic E-state index is 0.000446. The molecule has 0 spiro atoms. The molecule has 0 aliphatic heterocycles. The van der Waals surface area contributed by atoms with E-state index < -0.39 is 0 Å². The van der Waals surface area contributed by atoms with Crippen molar-refractivity contribution < 1.29 is 9.53 Å². The lowest BCUT2D eigenvalue weighted by molar-refractivity contribution is -0.119. The number of nitrogens with one attached hydrogen (secondary N) is 2. The maximum atomic E-state index is 11.9. The van der Waals surface area contributed by atoms with Gasteiger partial charge in [-0.15, -0.1) is 11.8 Å². The van der Waals surface area contributed by atoms with Crippen LogP contribution in [0.25, 0.3) is 0 Å². The number of H-pyrrole nitrogens is 1.